The minimum atomic E-state index is -3.61. The molecule has 2 amide bonds. The van der Waals surface area contributed by atoms with Gasteiger partial charge in [0.05, 0.1) is 5.75 Å². The number of benzene rings is 2. The van der Waals surface area contributed by atoms with E-state index in [1.54, 1.807) is 48.5 Å². The van der Waals surface area contributed by atoms with Gasteiger partial charge in [-0.2, -0.15) is 0 Å². The predicted octanol–water partition coefficient (Wildman–Crippen LogP) is 2.83. The zero-order valence-electron chi connectivity index (χ0n) is 16.2. The molecule has 0 radical (unpaired) electrons. The van der Waals surface area contributed by atoms with Gasteiger partial charge in [-0.3, -0.25) is 14.9 Å². The molecule has 0 aliphatic carbocycles. The van der Waals surface area contributed by atoms with Crippen LogP contribution in [0, 0.1) is 0 Å². The zero-order valence-corrected chi connectivity index (χ0v) is 19.5. The highest BCUT2D eigenvalue weighted by Crippen LogP contribution is 2.16. The molecule has 0 spiro atoms. The van der Waals surface area contributed by atoms with Crippen LogP contribution in [0.5, 0.6) is 0 Å². The van der Waals surface area contributed by atoms with Crippen molar-refractivity contribution in [1.29, 1.82) is 0 Å². The number of carbonyl (C=O) groups excluding carboxylic acids is 2. The van der Waals surface area contributed by atoms with Crippen molar-refractivity contribution in [3.8, 4) is 0 Å². The van der Waals surface area contributed by atoms with E-state index in [-0.39, 0.29) is 16.8 Å². The molecule has 0 atom stereocenters. The van der Waals surface area contributed by atoms with E-state index in [4.69, 9.17) is 0 Å². The second-order valence-electron chi connectivity index (χ2n) is 6.58. The number of hydrogen-bond donors (Lipinski definition) is 2. The fourth-order valence-electron chi connectivity index (χ4n) is 2.65. The molecule has 8 nitrogen and oxygen atoms in total. The Bertz CT molecular complexity index is 1170. The lowest BCUT2D eigenvalue weighted by molar-refractivity contribution is -0.113. The minimum absolute atomic E-state index is 0.206. The molecule has 11 heteroatoms. The van der Waals surface area contributed by atoms with Crippen LogP contribution in [0.15, 0.2) is 59.1 Å². The van der Waals surface area contributed by atoms with Gasteiger partial charge in [-0.15, -0.1) is 10.2 Å². The van der Waals surface area contributed by atoms with Crippen molar-refractivity contribution in [3.05, 3.63) is 75.2 Å². The third-order valence-corrected chi connectivity index (χ3v) is 6.87. The molecule has 31 heavy (non-hydrogen) atoms. The molecule has 0 fully saturated rings. The topological polar surface area (TPSA) is 118 Å². The van der Waals surface area contributed by atoms with E-state index in [1.807, 2.05) is 6.07 Å². The van der Waals surface area contributed by atoms with Gasteiger partial charge < -0.3 is 5.32 Å². The highest BCUT2D eigenvalue weighted by atomic mass is 79.9. The molecule has 2 N–H and O–H groups in total. The van der Waals surface area contributed by atoms with Crippen LogP contribution in [0.2, 0.25) is 0 Å². The van der Waals surface area contributed by atoms with Gasteiger partial charge >= 0.3 is 0 Å². The van der Waals surface area contributed by atoms with E-state index in [9.17, 15) is 18.0 Å². The van der Waals surface area contributed by atoms with Crippen LogP contribution in [0.3, 0.4) is 0 Å². The maximum atomic E-state index is 12.2. The van der Waals surface area contributed by atoms with E-state index in [0.29, 0.717) is 29.1 Å². The van der Waals surface area contributed by atoms with Crippen molar-refractivity contribution >= 4 is 54.0 Å². The van der Waals surface area contributed by atoms with Crippen molar-refractivity contribution in [2.75, 3.05) is 17.6 Å². The molecule has 0 bridgehead atoms. The number of anilines is 1. The second-order valence-corrected chi connectivity index (χ2v) is 10.6. The van der Waals surface area contributed by atoms with Crippen LogP contribution < -0.4 is 10.6 Å². The van der Waals surface area contributed by atoms with E-state index in [0.717, 1.165) is 15.8 Å². The SMILES string of the molecule is O=C(CS(=O)(=O)Cc1ccccc1)Nc1nnc(CCNC(=O)c2cccc(Br)c2)s1. The highest BCUT2D eigenvalue weighted by molar-refractivity contribution is 9.10. The molecule has 1 aromatic heterocycles. The molecule has 0 saturated heterocycles. The normalized spacial score (nSPS) is 11.1. The van der Waals surface area contributed by atoms with Gasteiger partial charge in [0.2, 0.25) is 11.0 Å². The number of carbonyl (C=O) groups is 2. The van der Waals surface area contributed by atoms with Gasteiger partial charge in [-0.25, -0.2) is 8.42 Å². The summed E-state index contributed by atoms with van der Waals surface area (Å²) in [4.78, 5) is 24.2. The monoisotopic (exact) mass is 522 g/mol. The average molecular weight is 523 g/mol. The summed E-state index contributed by atoms with van der Waals surface area (Å²) in [7, 11) is -3.61. The lowest BCUT2D eigenvalue weighted by Gasteiger charge is -2.04. The Hall–Kier alpha value is -2.63. The fourth-order valence-corrected chi connectivity index (χ4v) is 5.08. The summed E-state index contributed by atoms with van der Waals surface area (Å²) in [6, 6.07) is 15.7. The van der Waals surface area contributed by atoms with Crippen molar-refractivity contribution in [2.45, 2.75) is 12.2 Å². The predicted molar refractivity (Wildman–Crippen MR) is 123 cm³/mol. The van der Waals surface area contributed by atoms with E-state index in [2.05, 4.69) is 36.8 Å². The third-order valence-electron chi connectivity index (χ3n) is 4.00. The summed E-state index contributed by atoms with van der Waals surface area (Å²) in [5.41, 5.74) is 1.16. The molecule has 0 unspecified atom stereocenters. The third kappa shape index (κ3) is 7.53. The van der Waals surface area contributed by atoms with Gasteiger partial charge in [0.25, 0.3) is 5.91 Å². The van der Waals surface area contributed by atoms with Gasteiger partial charge in [0, 0.05) is 23.0 Å². The van der Waals surface area contributed by atoms with E-state index < -0.39 is 21.5 Å². The Labute approximate surface area is 192 Å². The highest BCUT2D eigenvalue weighted by Gasteiger charge is 2.19. The number of nitrogens with one attached hydrogen (secondary N) is 2. The van der Waals surface area contributed by atoms with Gasteiger partial charge in [-0.1, -0.05) is 63.7 Å². The van der Waals surface area contributed by atoms with Crippen LogP contribution in [0.25, 0.3) is 0 Å². The van der Waals surface area contributed by atoms with Crippen molar-refractivity contribution in [1.82, 2.24) is 15.5 Å². The Balaban J connectivity index is 1.46. The molecule has 0 aliphatic heterocycles. The van der Waals surface area contributed by atoms with Gasteiger partial charge in [0.1, 0.15) is 10.8 Å². The Morgan fingerprint density at radius 1 is 1.03 bits per heavy atom. The first kappa shape index (κ1) is 23.0. The van der Waals surface area contributed by atoms with E-state index >= 15 is 0 Å². The first-order chi connectivity index (χ1) is 14.8. The minimum Gasteiger partial charge on any atom is -0.352 e. The van der Waals surface area contributed by atoms with Crippen LogP contribution in [-0.4, -0.2) is 42.7 Å². The largest absolute Gasteiger partial charge is 0.352 e. The first-order valence-corrected chi connectivity index (χ1v) is 12.6. The molecule has 2 aromatic carbocycles. The summed E-state index contributed by atoms with van der Waals surface area (Å²) in [6.45, 7) is 0.347. The molecule has 162 valence electrons. The van der Waals surface area contributed by atoms with Crippen LogP contribution in [0.1, 0.15) is 20.9 Å². The summed E-state index contributed by atoms with van der Waals surface area (Å²) in [6.07, 6.45) is 0.430. The summed E-state index contributed by atoms with van der Waals surface area (Å²) in [5.74, 6) is -1.72. The number of hydrogen-bond acceptors (Lipinski definition) is 7. The number of aromatic nitrogens is 2. The maximum absolute atomic E-state index is 12.2. The van der Waals surface area contributed by atoms with E-state index in [1.165, 1.54) is 0 Å². The number of sulfone groups is 1. The lowest BCUT2D eigenvalue weighted by atomic mass is 10.2. The molecule has 3 rings (SSSR count). The summed E-state index contributed by atoms with van der Waals surface area (Å²) >= 11 is 4.46. The molecular formula is C20H19BrN4O4S2. The smallest absolute Gasteiger partial charge is 0.251 e. The molecule has 1 heterocycles. The average Bonchev–Trinajstić information content (AvgIpc) is 3.14. The Morgan fingerprint density at radius 3 is 2.55 bits per heavy atom. The van der Waals surface area contributed by atoms with Crippen LogP contribution in [0.4, 0.5) is 5.13 Å². The zero-order chi connectivity index (χ0) is 22.3. The maximum Gasteiger partial charge on any atom is 0.251 e. The fraction of sp³-hybridized carbons (Fsp3) is 0.200. The second kappa shape index (κ2) is 10.6. The standard InChI is InChI=1S/C20H19BrN4O4S2/c21-16-8-4-7-15(11-16)19(27)22-10-9-18-24-25-20(30-18)23-17(26)13-31(28,29)12-14-5-2-1-3-6-14/h1-8,11H,9-10,12-13H2,(H,22,27)(H,23,25,26). The first-order valence-electron chi connectivity index (χ1n) is 9.21. The number of amides is 2. The quantitative estimate of drug-likeness (QED) is 0.446. The van der Waals surface area contributed by atoms with Crippen molar-refractivity contribution in [3.63, 3.8) is 0 Å². The van der Waals surface area contributed by atoms with Gasteiger partial charge in [0.15, 0.2) is 9.84 Å². The summed E-state index contributed by atoms with van der Waals surface area (Å²) in [5, 5.41) is 13.9. The molecule has 0 aliphatic rings. The van der Waals surface area contributed by atoms with Gasteiger partial charge in [-0.05, 0) is 23.8 Å². The molecule has 0 saturated carbocycles. The lowest BCUT2D eigenvalue weighted by Crippen LogP contribution is -2.25. The number of halogens is 1. The number of rotatable bonds is 9. The number of nitrogens with zero attached hydrogens (tertiary/aromatic N) is 2. The van der Waals surface area contributed by atoms with Crippen LogP contribution >= 0.6 is 27.3 Å². The summed E-state index contributed by atoms with van der Waals surface area (Å²) < 4.78 is 25.2. The Kier molecular flexibility index (Phi) is 7.88. The van der Waals surface area contributed by atoms with Crippen molar-refractivity contribution < 1.29 is 18.0 Å². The molecule has 3 aromatic rings. The van der Waals surface area contributed by atoms with Crippen LogP contribution in [-0.2, 0) is 26.8 Å². The molecular weight excluding hydrogens is 504 g/mol. The Morgan fingerprint density at radius 2 is 1.81 bits per heavy atom. The van der Waals surface area contributed by atoms with Crippen molar-refractivity contribution in [2.24, 2.45) is 0 Å².